The Bertz CT molecular complexity index is 1910. The van der Waals surface area contributed by atoms with Crippen LogP contribution in [0.5, 0.6) is 5.75 Å². The van der Waals surface area contributed by atoms with E-state index in [9.17, 15) is 19.1 Å². The lowest BCUT2D eigenvalue weighted by Crippen LogP contribution is -2.54. The summed E-state index contributed by atoms with van der Waals surface area (Å²) < 4.78 is 41.0. The first-order valence-electron chi connectivity index (χ1n) is 15.2. The second-order valence-electron chi connectivity index (χ2n) is 10.9. The number of carbonyl (C=O) groups is 1. The molecule has 0 bridgehead atoms. The van der Waals surface area contributed by atoms with Crippen molar-refractivity contribution in [3.63, 3.8) is 0 Å². The number of hydrazine groups is 1. The fourth-order valence-electron chi connectivity index (χ4n) is 5.42. The monoisotopic (exact) mass is 667 g/mol. The number of nitrogens with one attached hydrogen (secondary N) is 2. The molecule has 5 rings (SSSR count). The average molecular weight is 668 g/mol. The van der Waals surface area contributed by atoms with Gasteiger partial charge in [0.15, 0.2) is 11.6 Å². The highest BCUT2D eigenvalue weighted by molar-refractivity contribution is 6.01. The predicted molar refractivity (Wildman–Crippen MR) is 176 cm³/mol. The Balaban J connectivity index is 1.62. The highest BCUT2D eigenvalue weighted by Crippen LogP contribution is 2.44. The fourth-order valence-corrected chi connectivity index (χ4v) is 5.42. The zero-order valence-electron chi connectivity index (χ0n) is 26.0. The van der Waals surface area contributed by atoms with Crippen molar-refractivity contribution in [3.05, 3.63) is 151 Å². The number of halogens is 2. The Morgan fingerprint density at radius 2 is 1.67 bits per heavy atom. The van der Waals surface area contributed by atoms with Crippen molar-refractivity contribution in [3.8, 4) is 5.75 Å². The molecule has 1 amide bonds. The molecule has 250 valence electrons. The number of aliphatic hydroxyl groups excluding tert-OH is 1. The zero-order valence-corrected chi connectivity index (χ0v) is 26.0. The minimum Gasteiger partial charge on any atom is -0.494 e. The summed E-state index contributed by atoms with van der Waals surface area (Å²) >= 11 is 0. The summed E-state index contributed by atoms with van der Waals surface area (Å²) in [7, 11) is 0. The molecule has 0 fully saturated rings. The minimum atomic E-state index is -1.81. The van der Waals surface area contributed by atoms with Gasteiger partial charge < -0.3 is 14.6 Å². The van der Waals surface area contributed by atoms with Crippen LogP contribution in [0.4, 0.5) is 14.5 Å². The van der Waals surface area contributed by atoms with Crippen LogP contribution in [0.3, 0.4) is 0 Å². The van der Waals surface area contributed by atoms with Crippen molar-refractivity contribution in [2.45, 2.75) is 37.6 Å². The van der Waals surface area contributed by atoms with E-state index in [-0.39, 0.29) is 43.3 Å². The summed E-state index contributed by atoms with van der Waals surface area (Å²) in [5, 5.41) is 16.6. The van der Waals surface area contributed by atoms with Gasteiger partial charge in [0, 0.05) is 52.6 Å². The van der Waals surface area contributed by atoms with E-state index in [4.69, 9.17) is 25.1 Å². The fraction of sp³-hybridized carbons (Fsp3) is 0.235. The summed E-state index contributed by atoms with van der Waals surface area (Å²) in [6.45, 7) is -0.139. The Morgan fingerprint density at radius 1 is 0.959 bits per heavy atom. The number of nitrogens with zero attached hydrogens (tertiary/aromatic N) is 7. The molecule has 15 heteroatoms. The smallest absolute Gasteiger partial charge is 0.266 e. The van der Waals surface area contributed by atoms with Crippen molar-refractivity contribution < 1.29 is 28.2 Å². The van der Waals surface area contributed by atoms with E-state index in [0.29, 0.717) is 41.0 Å². The van der Waals surface area contributed by atoms with Crippen molar-refractivity contribution in [1.29, 1.82) is 0 Å². The van der Waals surface area contributed by atoms with Gasteiger partial charge in [-0.3, -0.25) is 10.2 Å². The van der Waals surface area contributed by atoms with Crippen molar-refractivity contribution in [2.75, 3.05) is 13.2 Å². The number of ether oxygens (including phenoxy) is 2. The summed E-state index contributed by atoms with van der Waals surface area (Å²) in [4.78, 5) is 25.2. The van der Waals surface area contributed by atoms with Gasteiger partial charge in [0.2, 0.25) is 5.90 Å². The third-order valence-electron chi connectivity index (χ3n) is 7.80. The molecule has 0 unspecified atom stereocenters. The van der Waals surface area contributed by atoms with Gasteiger partial charge in [-0.15, -0.1) is 0 Å². The van der Waals surface area contributed by atoms with Crippen LogP contribution in [0, 0.1) is 11.6 Å². The van der Waals surface area contributed by atoms with E-state index in [1.54, 1.807) is 72.8 Å². The van der Waals surface area contributed by atoms with Crippen LogP contribution in [0.1, 0.15) is 40.3 Å². The van der Waals surface area contributed by atoms with E-state index in [2.05, 4.69) is 30.9 Å². The first kappa shape index (κ1) is 34.4. The number of aliphatic hydroxyl groups is 1. The molecule has 1 aliphatic rings. The van der Waals surface area contributed by atoms with E-state index in [0.717, 1.165) is 12.1 Å². The SMILES string of the molecule is [N-]=[N+]=NCc1ccccc1[C@@H]1OC(c2ccc(OCCCO)cc2)=N[C@]1(Cc1ccccc1N=[N+]=[N-])C(=O)NNCc1c(F)cccc1F. The molecule has 0 aromatic heterocycles. The number of benzene rings is 4. The molecule has 1 aliphatic heterocycles. The number of rotatable bonds is 15. The molecule has 49 heavy (non-hydrogen) atoms. The Hall–Kier alpha value is -5.98. The van der Waals surface area contributed by atoms with Crippen LogP contribution in [-0.4, -0.2) is 35.7 Å². The molecule has 0 spiro atoms. The van der Waals surface area contributed by atoms with Gasteiger partial charge >= 0.3 is 0 Å². The quantitative estimate of drug-likeness (QED) is 0.0412. The molecule has 0 saturated carbocycles. The van der Waals surface area contributed by atoms with Gasteiger partial charge in [0.25, 0.3) is 5.91 Å². The maximum Gasteiger partial charge on any atom is 0.266 e. The van der Waals surface area contributed by atoms with Crippen molar-refractivity contribution in [1.82, 2.24) is 10.9 Å². The third-order valence-corrected chi connectivity index (χ3v) is 7.80. The second-order valence-corrected chi connectivity index (χ2v) is 10.9. The molecule has 13 nitrogen and oxygen atoms in total. The Labute approximate surface area is 279 Å². The molecule has 2 atom stereocenters. The van der Waals surface area contributed by atoms with Crippen LogP contribution < -0.4 is 15.6 Å². The van der Waals surface area contributed by atoms with Crippen LogP contribution in [-0.2, 0) is 29.0 Å². The minimum absolute atomic E-state index is 0.0116. The van der Waals surface area contributed by atoms with E-state index >= 15 is 0 Å². The lowest BCUT2D eigenvalue weighted by atomic mass is 9.80. The first-order valence-corrected chi connectivity index (χ1v) is 15.2. The largest absolute Gasteiger partial charge is 0.494 e. The average Bonchev–Trinajstić information content (AvgIpc) is 3.50. The lowest BCUT2D eigenvalue weighted by Gasteiger charge is -2.32. The Morgan fingerprint density at radius 3 is 2.39 bits per heavy atom. The predicted octanol–water partition coefficient (Wildman–Crippen LogP) is 6.80. The molecule has 4 aromatic carbocycles. The van der Waals surface area contributed by atoms with Crippen molar-refractivity contribution in [2.24, 2.45) is 15.2 Å². The topological polar surface area (TPSA) is 190 Å². The molecular formula is C34H31F2N9O4. The van der Waals surface area contributed by atoms with E-state index < -0.39 is 29.2 Å². The van der Waals surface area contributed by atoms with Crippen LogP contribution in [0.2, 0.25) is 0 Å². The zero-order chi connectivity index (χ0) is 34.6. The van der Waals surface area contributed by atoms with E-state index in [1.165, 1.54) is 6.07 Å². The summed E-state index contributed by atoms with van der Waals surface area (Å²) in [6.07, 6.45) is -0.809. The molecule has 0 saturated heterocycles. The molecule has 4 aromatic rings. The van der Waals surface area contributed by atoms with E-state index in [1.807, 2.05) is 0 Å². The molecule has 0 aliphatic carbocycles. The molecule has 0 radical (unpaired) electrons. The normalized spacial score (nSPS) is 16.5. The Kier molecular flexibility index (Phi) is 11.4. The van der Waals surface area contributed by atoms with Gasteiger partial charge in [-0.05, 0) is 64.2 Å². The summed E-state index contributed by atoms with van der Waals surface area (Å²) in [5.41, 5.74) is 23.8. The van der Waals surface area contributed by atoms with Gasteiger partial charge in [-0.25, -0.2) is 19.2 Å². The van der Waals surface area contributed by atoms with Gasteiger partial charge in [0.1, 0.15) is 17.4 Å². The highest BCUT2D eigenvalue weighted by Gasteiger charge is 2.54. The number of hydrogen-bond acceptors (Lipinski definition) is 8. The van der Waals surface area contributed by atoms with Crippen molar-refractivity contribution >= 4 is 17.5 Å². The third kappa shape index (κ3) is 7.95. The maximum absolute atomic E-state index is 14.5. The van der Waals surface area contributed by atoms with Crippen LogP contribution in [0.25, 0.3) is 20.9 Å². The molecule has 3 N–H and O–H groups in total. The van der Waals surface area contributed by atoms with Gasteiger partial charge in [-0.1, -0.05) is 64.8 Å². The summed E-state index contributed by atoms with van der Waals surface area (Å²) in [5.74, 6) is -1.66. The molecule has 1 heterocycles. The summed E-state index contributed by atoms with van der Waals surface area (Å²) in [6, 6.07) is 23.9. The lowest BCUT2D eigenvalue weighted by molar-refractivity contribution is -0.130. The highest BCUT2D eigenvalue weighted by atomic mass is 19.1. The van der Waals surface area contributed by atoms with Crippen LogP contribution in [0.15, 0.2) is 106 Å². The number of hydrogen-bond donors (Lipinski definition) is 3. The number of azide groups is 2. The standard InChI is InChI=1S/C34H31F2N9O4/c35-28-10-5-11-29(36)27(28)21-39-43-33(47)34(19-23-7-2-4-12-30(23)42-45-38)31(26-9-3-1-8-24(26)20-40-44-37)49-32(41-34)22-13-15-25(16-14-22)48-18-6-17-46/h1-5,7-16,31,39,46H,6,17-21H2,(H,43,47)/t31-,34-/m0/s1. The van der Waals surface area contributed by atoms with Crippen LogP contribution >= 0.6 is 0 Å². The second kappa shape index (κ2) is 16.2. The van der Waals surface area contributed by atoms with Gasteiger partial charge in [0.05, 0.1) is 13.2 Å². The molecular weight excluding hydrogens is 636 g/mol. The number of carbonyl (C=O) groups excluding carboxylic acids is 1. The maximum atomic E-state index is 14.5. The number of aliphatic imine (C=N–C) groups is 1. The number of amides is 1. The van der Waals surface area contributed by atoms with Gasteiger partial charge in [-0.2, -0.15) is 0 Å². The first-order chi connectivity index (χ1) is 23.9.